The fourth-order valence-electron chi connectivity index (χ4n) is 2.28. The highest BCUT2D eigenvalue weighted by molar-refractivity contribution is 5.95. The fourth-order valence-corrected chi connectivity index (χ4v) is 2.28. The average molecular weight is 388 g/mol. The van der Waals surface area contributed by atoms with Crippen LogP contribution in [0.25, 0.3) is 0 Å². The van der Waals surface area contributed by atoms with Crippen LogP contribution in [0.3, 0.4) is 0 Å². The number of benzene rings is 2. The molecule has 0 saturated heterocycles. The standard InChI is InChI=1S/C17H16N4O7/c1-3-28-15-8-11(7-14(21(25)26)16(15)27-2)10-18-19-17(22)12-5-4-6-13(9-12)20(23)24/h4-10H,3H2,1-2H3,(H,19,22)/b18-10+. The predicted octanol–water partition coefficient (Wildman–Crippen LogP) is 2.67. The van der Waals surface area contributed by atoms with Crippen LogP contribution in [0.2, 0.25) is 0 Å². The van der Waals surface area contributed by atoms with Crippen LogP contribution in [0.15, 0.2) is 41.5 Å². The van der Waals surface area contributed by atoms with Crippen molar-refractivity contribution in [3.63, 3.8) is 0 Å². The molecule has 0 spiro atoms. The number of nitrogens with zero attached hydrogens (tertiary/aromatic N) is 3. The Bertz CT molecular complexity index is 943. The minimum atomic E-state index is -0.673. The Hall–Kier alpha value is -4.02. The van der Waals surface area contributed by atoms with E-state index in [1.165, 1.54) is 43.7 Å². The second-order valence-electron chi connectivity index (χ2n) is 5.27. The SMILES string of the molecule is CCOc1cc(/C=N/NC(=O)c2cccc([N+](=O)[O-])c2)cc([N+](=O)[O-])c1OC. The van der Waals surface area contributed by atoms with E-state index in [0.29, 0.717) is 0 Å². The normalized spacial score (nSPS) is 10.5. The number of hydrazone groups is 1. The first-order chi connectivity index (χ1) is 13.4. The second-order valence-corrected chi connectivity index (χ2v) is 5.27. The number of methoxy groups -OCH3 is 1. The van der Waals surface area contributed by atoms with Crippen LogP contribution in [0.1, 0.15) is 22.8 Å². The third kappa shape index (κ3) is 4.78. The number of ether oxygens (including phenoxy) is 2. The Morgan fingerprint density at radius 1 is 1.21 bits per heavy atom. The summed E-state index contributed by atoms with van der Waals surface area (Å²) in [5, 5.41) is 25.7. The van der Waals surface area contributed by atoms with E-state index in [0.717, 1.165) is 6.07 Å². The van der Waals surface area contributed by atoms with Gasteiger partial charge in [-0.15, -0.1) is 0 Å². The van der Waals surface area contributed by atoms with Crippen LogP contribution < -0.4 is 14.9 Å². The van der Waals surface area contributed by atoms with Gasteiger partial charge in [0.2, 0.25) is 5.75 Å². The number of rotatable bonds is 8. The summed E-state index contributed by atoms with van der Waals surface area (Å²) in [5.41, 5.74) is 1.99. The minimum absolute atomic E-state index is 0.0235. The maximum Gasteiger partial charge on any atom is 0.315 e. The number of hydrogen-bond acceptors (Lipinski definition) is 8. The van der Waals surface area contributed by atoms with Crippen LogP contribution in [0, 0.1) is 20.2 Å². The van der Waals surface area contributed by atoms with Gasteiger partial charge in [0.1, 0.15) is 0 Å². The summed E-state index contributed by atoms with van der Waals surface area (Å²) >= 11 is 0. The number of non-ortho nitro benzene ring substituents is 1. The van der Waals surface area contributed by atoms with E-state index in [1.807, 2.05) is 0 Å². The lowest BCUT2D eigenvalue weighted by Crippen LogP contribution is -2.17. The Labute approximate surface area is 158 Å². The van der Waals surface area contributed by atoms with Gasteiger partial charge in [-0.05, 0) is 19.1 Å². The van der Waals surface area contributed by atoms with Crippen molar-refractivity contribution in [2.24, 2.45) is 5.10 Å². The van der Waals surface area contributed by atoms with Gasteiger partial charge < -0.3 is 9.47 Å². The summed E-state index contributed by atoms with van der Waals surface area (Å²) in [4.78, 5) is 32.8. The number of hydrogen-bond donors (Lipinski definition) is 1. The molecular formula is C17H16N4O7. The van der Waals surface area contributed by atoms with Crippen LogP contribution in [-0.2, 0) is 0 Å². The van der Waals surface area contributed by atoms with E-state index in [2.05, 4.69) is 10.5 Å². The van der Waals surface area contributed by atoms with Gasteiger partial charge in [-0.2, -0.15) is 5.10 Å². The summed E-state index contributed by atoms with van der Waals surface area (Å²) in [6.07, 6.45) is 1.18. The quantitative estimate of drug-likeness (QED) is 0.415. The van der Waals surface area contributed by atoms with Gasteiger partial charge in [0, 0.05) is 29.3 Å². The van der Waals surface area contributed by atoms with Crippen molar-refractivity contribution < 1.29 is 24.1 Å². The highest BCUT2D eigenvalue weighted by Crippen LogP contribution is 2.37. The molecule has 0 aliphatic rings. The lowest BCUT2D eigenvalue weighted by atomic mass is 10.2. The van der Waals surface area contributed by atoms with Crippen molar-refractivity contribution in [1.82, 2.24) is 5.43 Å². The molecule has 0 aliphatic carbocycles. The van der Waals surface area contributed by atoms with Gasteiger partial charge in [-0.25, -0.2) is 5.43 Å². The molecule has 1 N–H and O–H groups in total. The van der Waals surface area contributed by atoms with Crippen molar-refractivity contribution in [1.29, 1.82) is 0 Å². The lowest BCUT2D eigenvalue weighted by Gasteiger charge is -2.10. The number of nitro benzene ring substituents is 2. The number of carbonyl (C=O) groups is 1. The van der Waals surface area contributed by atoms with Gasteiger partial charge in [0.05, 0.1) is 29.8 Å². The highest BCUT2D eigenvalue weighted by Gasteiger charge is 2.21. The molecule has 2 rings (SSSR count). The largest absolute Gasteiger partial charge is 0.490 e. The molecule has 0 bridgehead atoms. The van der Waals surface area contributed by atoms with Gasteiger partial charge >= 0.3 is 5.69 Å². The molecule has 2 aromatic carbocycles. The van der Waals surface area contributed by atoms with E-state index in [-0.39, 0.29) is 40.6 Å². The van der Waals surface area contributed by atoms with E-state index in [1.54, 1.807) is 6.92 Å². The van der Waals surface area contributed by atoms with Crippen molar-refractivity contribution in [2.45, 2.75) is 6.92 Å². The van der Waals surface area contributed by atoms with E-state index in [4.69, 9.17) is 9.47 Å². The predicted molar refractivity (Wildman–Crippen MR) is 99.0 cm³/mol. The molecule has 0 fully saturated rings. The Balaban J connectivity index is 2.23. The minimum Gasteiger partial charge on any atom is -0.490 e. The summed E-state index contributed by atoms with van der Waals surface area (Å²) < 4.78 is 10.4. The maximum atomic E-state index is 12.1. The smallest absolute Gasteiger partial charge is 0.315 e. The number of nitro groups is 2. The first kappa shape index (κ1) is 20.3. The highest BCUT2D eigenvalue weighted by atomic mass is 16.6. The van der Waals surface area contributed by atoms with Gasteiger partial charge in [-0.3, -0.25) is 25.0 Å². The fraction of sp³-hybridized carbons (Fsp3) is 0.176. The second kappa shape index (κ2) is 9.07. The van der Waals surface area contributed by atoms with Gasteiger partial charge in [-0.1, -0.05) is 6.07 Å². The summed E-state index contributed by atoms with van der Waals surface area (Å²) in [7, 11) is 1.29. The Morgan fingerprint density at radius 2 is 1.96 bits per heavy atom. The van der Waals surface area contributed by atoms with Crippen molar-refractivity contribution in [2.75, 3.05) is 13.7 Å². The van der Waals surface area contributed by atoms with Crippen molar-refractivity contribution in [3.05, 3.63) is 67.8 Å². The molecular weight excluding hydrogens is 372 g/mol. The van der Waals surface area contributed by atoms with Crippen molar-refractivity contribution in [3.8, 4) is 11.5 Å². The zero-order valence-corrected chi connectivity index (χ0v) is 14.9. The van der Waals surface area contributed by atoms with E-state index < -0.39 is 15.8 Å². The van der Waals surface area contributed by atoms with Gasteiger partial charge in [0.25, 0.3) is 11.6 Å². The Kier molecular flexibility index (Phi) is 6.58. The van der Waals surface area contributed by atoms with Crippen LogP contribution in [0.4, 0.5) is 11.4 Å². The molecule has 2 aromatic rings. The number of amides is 1. The molecule has 146 valence electrons. The molecule has 1 amide bonds. The van der Waals surface area contributed by atoms with Crippen LogP contribution in [-0.4, -0.2) is 35.7 Å². The zero-order chi connectivity index (χ0) is 20.7. The topological polar surface area (TPSA) is 146 Å². The summed E-state index contributed by atoms with van der Waals surface area (Å²) in [5.74, 6) is -0.539. The molecule has 28 heavy (non-hydrogen) atoms. The van der Waals surface area contributed by atoms with E-state index in [9.17, 15) is 25.0 Å². The summed E-state index contributed by atoms with van der Waals surface area (Å²) in [6.45, 7) is 1.98. The summed E-state index contributed by atoms with van der Waals surface area (Å²) in [6, 6.07) is 7.81. The zero-order valence-electron chi connectivity index (χ0n) is 14.9. The number of carbonyl (C=O) groups excluding carboxylic acids is 1. The third-order valence-corrected chi connectivity index (χ3v) is 3.46. The molecule has 11 heteroatoms. The van der Waals surface area contributed by atoms with Crippen LogP contribution >= 0.6 is 0 Å². The van der Waals surface area contributed by atoms with E-state index >= 15 is 0 Å². The average Bonchev–Trinajstić information content (AvgIpc) is 2.67. The van der Waals surface area contributed by atoms with Gasteiger partial charge in [0.15, 0.2) is 5.75 Å². The first-order valence-electron chi connectivity index (χ1n) is 7.94. The number of nitrogens with one attached hydrogen (secondary N) is 1. The van der Waals surface area contributed by atoms with Crippen LogP contribution in [0.5, 0.6) is 11.5 Å². The molecule has 0 aliphatic heterocycles. The maximum absolute atomic E-state index is 12.1. The molecule has 0 saturated carbocycles. The molecule has 0 aromatic heterocycles. The first-order valence-corrected chi connectivity index (χ1v) is 7.94. The third-order valence-electron chi connectivity index (χ3n) is 3.46. The molecule has 11 nitrogen and oxygen atoms in total. The lowest BCUT2D eigenvalue weighted by molar-refractivity contribution is -0.385. The molecule has 0 radical (unpaired) electrons. The van der Waals surface area contributed by atoms with Crippen molar-refractivity contribution >= 4 is 23.5 Å². The monoisotopic (exact) mass is 388 g/mol. The molecule has 0 atom stereocenters. The Morgan fingerprint density at radius 3 is 2.57 bits per heavy atom. The molecule has 0 unspecified atom stereocenters. The molecule has 0 heterocycles.